The number of esters is 1. The molecule has 0 rings (SSSR count). The third kappa shape index (κ3) is 2.79. The number of rotatable bonds is 4. The number of carbonyl (C=O) groups is 1. The fourth-order valence-corrected chi connectivity index (χ4v) is 0.727. The minimum Gasteiger partial charge on any atom is -0.468 e. The summed E-state index contributed by atoms with van der Waals surface area (Å²) in [5.41, 5.74) is 6.11. The van der Waals surface area contributed by atoms with Gasteiger partial charge in [0.25, 0.3) is 0 Å². The van der Waals surface area contributed by atoms with Crippen LogP contribution < -0.4 is 16.4 Å². The highest BCUT2D eigenvalue weighted by Gasteiger charge is 2.17. The van der Waals surface area contributed by atoms with Crippen molar-refractivity contribution in [1.82, 2.24) is 10.6 Å². The lowest BCUT2D eigenvalue weighted by Crippen LogP contribution is -2.38. The van der Waals surface area contributed by atoms with Crippen LogP contribution in [-0.4, -0.2) is 33.2 Å². The van der Waals surface area contributed by atoms with Crippen LogP contribution in [-0.2, 0) is 9.53 Å². The smallest absolute Gasteiger partial charge is 0.328 e. The Labute approximate surface area is 72.0 Å². The van der Waals surface area contributed by atoms with E-state index in [0.717, 1.165) is 0 Å². The molecule has 0 aromatic heterocycles. The van der Waals surface area contributed by atoms with E-state index in [2.05, 4.69) is 15.4 Å². The molecule has 0 amide bonds. The number of nitrogens with two attached hydrogens (primary N) is 1. The fourth-order valence-electron chi connectivity index (χ4n) is 0.727. The van der Waals surface area contributed by atoms with Gasteiger partial charge < -0.3 is 21.1 Å². The van der Waals surface area contributed by atoms with Crippen molar-refractivity contribution in [2.24, 2.45) is 5.73 Å². The second-order valence-electron chi connectivity index (χ2n) is 2.14. The molecule has 0 saturated carbocycles. The standard InChI is InChI=1S/C7H15N3O2/c1-9-4-5(10-2)6(8)7(11)12-3/h4,6,9-10H,8H2,1-3H3/b5-4+. The largest absolute Gasteiger partial charge is 0.468 e. The molecule has 0 aliphatic rings. The van der Waals surface area contributed by atoms with Crippen molar-refractivity contribution in [3.05, 3.63) is 11.9 Å². The van der Waals surface area contributed by atoms with Gasteiger partial charge in [0.1, 0.15) is 6.04 Å². The van der Waals surface area contributed by atoms with Crippen LogP contribution in [0.3, 0.4) is 0 Å². The molecule has 0 fully saturated rings. The maximum absolute atomic E-state index is 10.9. The molecule has 0 heterocycles. The molecule has 5 nitrogen and oxygen atoms in total. The van der Waals surface area contributed by atoms with Crippen molar-refractivity contribution >= 4 is 5.97 Å². The first kappa shape index (κ1) is 10.8. The Morgan fingerprint density at radius 3 is 2.50 bits per heavy atom. The van der Waals surface area contributed by atoms with Gasteiger partial charge in [-0.2, -0.15) is 0 Å². The zero-order chi connectivity index (χ0) is 9.56. The molecule has 1 unspecified atom stereocenters. The molecule has 0 aromatic rings. The molecule has 0 spiro atoms. The van der Waals surface area contributed by atoms with Crippen LogP contribution in [0.4, 0.5) is 0 Å². The van der Waals surface area contributed by atoms with Crippen molar-refractivity contribution in [3.8, 4) is 0 Å². The summed E-state index contributed by atoms with van der Waals surface area (Å²) in [5.74, 6) is -0.467. The maximum atomic E-state index is 10.9. The number of methoxy groups -OCH3 is 1. The number of ether oxygens (including phenoxy) is 1. The van der Waals surface area contributed by atoms with Crippen molar-refractivity contribution in [3.63, 3.8) is 0 Å². The van der Waals surface area contributed by atoms with Crippen LogP contribution in [0.1, 0.15) is 0 Å². The average molecular weight is 173 g/mol. The third-order valence-corrected chi connectivity index (χ3v) is 1.38. The zero-order valence-corrected chi connectivity index (χ0v) is 7.55. The summed E-state index contributed by atoms with van der Waals surface area (Å²) < 4.78 is 4.47. The van der Waals surface area contributed by atoms with Crippen LogP contribution in [0.25, 0.3) is 0 Å². The van der Waals surface area contributed by atoms with E-state index < -0.39 is 12.0 Å². The molecule has 0 aliphatic heterocycles. The van der Waals surface area contributed by atoms with E-state index in [1.165, 1.54) is 7.11 Å². The zero-order valence-electron chi connectivity index (χ0n) is 7.55. The third-order valence-electron chi connectivity index (χ3n) is 1.38. The van der Waals surface area contributed by atoms with E-state index in [-0.39, 0.29) is 0 Å². The van der Waals surface area contributed by atoms with Gasteiger partial charge in [0.05, 0.1) is 12.8 Å². The first-order valence-electron chi connectivity index (χ1n) is 3.55. The highest BCUT2D eigenvalue weighted by Crippen LogP contribution is 1.94. The SMILES string of the molecule is CN/C=C(/NC)C(N)C(=O)OC. The number of hydrogen-bond donors (Lipinski definition) is 3. The molecule has 0 bridgehead atoms. The lowest BCUT2D eigenvalue weighted by atomic mass is 10.2. The fraction of sp³-hybridized carbons (Fsp3) is 0.571. The van der Waals surface area contributed by atoms with Gasteiger partial charge in [-0.25, -0.2) is 4.79 Å². The van der Waals surface area contributed by atoms with Gasteiger partial charge in [-0.15, -0.1) is 0 Å². The highest BCUT2D eigenvalue weighted by atomic mass is 16.5. The van der Waals surface area contributed by atoms with Crippen molar-refractivity contribution < 1.29 is 9.53 Å². The maximum Gasteiger partial charge on any atom is 0.328 e. The predicted octanol–water partition coefficient (Wildman–Crippen LogP) is -1.23. The molecule has 5 heteroatoms. The van der Waals surface area contributed by atoms with Gasteiger partial charge in [0.2, 0.25) is 0 Å². The second-order valence-corrected chi connectivity index (χ2v) is 2.14. The number of nitrogens with one attached hydrogen (secondary N) is 2. The summed E-state index contributed by atoms with van der Waals surface area (Å²) in [4.78, 5) is 10.9. The van der Waals surface area contributed by atoms with E-state index in [9.17, 15) is 4.79 Å². The van der Waals surface area contributed by atoms with Crippen LogP contribution in [0.2, 0.25) is 0 Å². The lowest BCUT2D eigenvalue weighted by Gasteiger charge is -2.12. The Kier molecular flexibility index (Phi) is 4.87. The summed E-state index contributed by atoms with van der Waals surface area (Å²) in [6.45, 7) is 0. The van der Waals surface area contributed by atoms with Gasteiger partial charge in [0.15, 0.2) is 0 Å². The Morgan fingerprint density at radius 1 is 1.58 bits per heavy atom. The lowest BCUT2D eigenvalue weighted by molar-refractivity contribution is -0.141. The number of hydrogen-bond acceptors (Lipinski definition) is 5. The van der Waals surface area contributed by atoms with Crippen LogP contribution in [0, 0.1) is 0 Å². The van der Waals surface area contributed by atoms with E-state index in [0.29, 0.717) is 5.70 Å². The summed E-state index contributed by atoms with van der Waals surface area (Å²) >= 11 is 0. The Hall–Kier alpha value is -1.23. The number of carbonyl (C=O) groups excluding carboxylic acids is 1. The topological polar surface area (TPSA) is 76.4 Å². The minimum atomic E-state index is -0.757. The molecule has 0 aliphatic carbocycles. The monoisotopic (exact) mass is 173 g/mol. The van der Waals surface area contributed by atoms with Gasteiger partial charge in [0, 0.05) is 20.3 Å². The summed E-state index contributed by atoms with van der Waals surface area (Å²) in [5, 5.41) is 5.56. The molecule has 0 radical (unpaired) electrons. The van der Waals surface area contributed by atoms with E-state index >= 15 is 0 Å². The van der Waals surface area contributed by atoms with E-state index in [4.69, 9.17) is 5.73 Å². The van der Waals surface area contributed by atoms with Crippen molar-refractivity contribution in [2.75, 3.05) is 21.2 Å². The Balaban J connectivity index is 4.31. The molecule has 1 atom stereocenters. The quantitative estimate of drug-likeness (QED) is 0.464. The molecule has 70 valence electrons. The van der Waals surface area contributed by atoms with E-state index in [1.54, 1.807) is 20.3 Å². The Bertz CT molecular complexity index is 179. The summed E-state index contributed by atoms with van der Waals surface area (Å²) in [7, 11) is 4.71. The van der Waals surface area contributed by atoms with E-state index in [1.807, 2.05) is 0 Å². The summed E-state index contributed by atoms with van der Waals surface area (Å²) in [6, 6.07) is -0.757. The van der Waals surface area contributed by atoms with Crippen LogP contribution in [0.15, 0.2) is 11.9 Å². The Morgan fingerprint density at radius 2 is 2.17 bits per heavy atom. The first-order chi connectivity index (χ1) is 5.67. The summed E-state index contributed by atoms with van der Waals surface area (Å²) in [6.07, 6.45) is 1.61. The molecule has 4 N–H and O–H groups in total. The molecular weight excluding hydrogens is 158 g/mol. The normalized spacial score (nSPS) is 13.5. The molecule has 0 saturated heterocycles. The van der Waals surface area contributed by atoms with Crippen molar-refractivity contribution in [2.45, 2.75) is 6.04 Å². The minimum absolute atomic E-state index is 0.467. The molecular formula is C7H15N3O2. The van der Waals surface area contributed by atoms with Crippen LogP contribution in [0.5, 0.6) is 0 Å². The van der Waals surface area contributed by atoms with Crippen LogP contribution >= 0.6 is 0 Å². The molecule has 12 heavy (non-hydrogen) atoms. The van der Waals surface area contributed by atoms with Crippen molar-refractivity contribution in [1.29, 1.82) is 0 Å². The average Bonchev–Trinajstić information content (AvgIpc) is 2.11. The highest BCUT2D eigenvalue weighted by molar-refractivity contribution is 5.78. The van der Waals surface area contributed by atoms with Gasteiger partial charge in [-0.05, 0) is 0 Å². The number of likely N-dealkylation sites (N-methyl/N-ethyl adjacent to an activating group) is 1. The second kappa shape index (κ2) is 5.42. The molecule has 0 aromatic carbocycles. The predicted molar refractivity (Wildman–Crippen MR) is 46.2 cm³/mol. The van der Waals surface area contributed by atoms with Gasteiger partial charge in [-0.3, -0.25) is 0 Å². The first-order valence-corrected chi connectivity index (χ1v) is 3.55. The van der Waals surface area contributed by atoms with Gasteiger partial charge in [-0.1, -0.05) is 0 Å². The van der Waals surface area contributed by atoms with Gasteiger partial charge >= 0.3 is 5.97 Å².